The van der Waals surface area contributed by atoms with Crippen LogP contribution in [0.25, 0.3) is 44.4 Å². The van der Waals surface area contributed by atoms with E-state index in [0.29, 0.717) is 16.5 Å². The zero-order valence-corrected chi connectivity index (χ0v) is 17.5. The van der Waals surface area contributed by atoms with Crippen molar-refractivity contribution in [3.05, 3.63) is 114 Å². The largest absolute Gasteiger partial charge is 0.247 e. The topological polar surface area (TPSA) is 36.7 Å². The van der Waals surface area contributed by atoms with E-state index in [2.05, 4.69) is 48.5 Å². The van der Waals surface area contributed by atoms with Gasteiger partial charge >= 0.3 is 0 Å². The van der Waals surface area contributed by atoms with Crippen LogP contribution in [0, 0.1) is 24.1 Å². The Hall–Kier alpha value is -4.29. The first kappa shape index (κ1) is 19.7. The fourth-order valence-corrected chi connectivity index (χ4v) is 4.17. The van der Waals surface area contributed by atoms with Gasteiger partial charge in [-0.3, -0.25) is 0 Å². The SMILES string of the molecule is Cc1c(-c2ccc(-c3ccccc3-c3ccccc3)cc2)nc2ccc(F)cc2c1C#N. The van der Waals surface area contributed by atoms with Gasteiger partial charge in [0.2, 0.25) is 0 Å². The number of hydrogen-bond donors (Lipinski definition) is 0. The molecule has 1 heterocycles. The van der Waals surface area contributed by atoms with Gasteiger partial charge in [-0.05, 0) is 52.9 Å². The van der Waals surface area contributed by atoms with Crippen molar-refractivity contribution >= 4 is 10.9 Å². The fourth-order valence-electron chi connectivity index (χ4n) is 4.17. The maximum Gasteiger partial charge on any atom is 0.124 e. The number of nitriles is 1. The summed E-state index contributed by atoms with van der Waals surface area (Å²) in [6.07, 6.45) is 0. The summed E-state index contributed by atoms with van der Waals surface area (Å²) in [6, 6.07) is 33.5. The number of rotatable bonds is 3. The molecule has 0 unspecified atom stereocenters. The molecule has 152 valence electrons. The van der Waals surface area contributed by atoms with Gasteiger partial charge in [-0.15, -0.1) is 0 Å². The van der Waals surface area contributed by atoms with Crippen molar-refractivity contribution < 1.29 is 4.39 Å². The van der Waals surface area contributed by atoms with Crippen LogP contribution in [0.5, 0.6) is 0 Å². The molecule has 0 saturated carbocycles. The highest BCUT2D eigenvalue weighted by Gasteiger charge is 2.14. The average Bonchev–Trinajstić information content (AvgIpc) is 2.84. The highest BCUT2D eigenvalue weighted by molar-refractivity contribution is 5.90. The first-order chi connectivity index (χ1) is 15.7. The maximum absolute atomic E-state index is 13.7. The highest BCUT2D eigenvalue weighted by atomic mass is 19.1. The van der Waals surface area contributed by atoms with Gasteiger partial charge in [0.1, 0.15) is 11.9 Å². The van der Waals surface area contributed by atoms with Crippen molar-refractivity contribution in [2.75, 3.05) is 0 Å². The minimum Gasteiger partial charge on any atom is -0.247 e. The van der Waals surface area contributed by atoms with Crippen molar-refractivity contribution in [2.24, 2.45) is 0 Å². The molecule has 0 aliphatic rings. The van der Waals surface area contributed by atoms with E-state index in [1.165, 1.54) is 23.3 Å². The molecule has 0 saturated heterocycles. The third-order valence-electron chi connectivity index (χ3n) is 5.78. The van der Waals surface area contributed by atoms with Crippen LogP contribution in [0.3, 0.4) is 0 Å². The molecule has 0 aliphatic heterocycles. The number of fused-ring (bicyclic) bond motifs is 1. The first-order valence-electron chi connectivity index (χ1n) is 10.4. The monoisotopic (exact) mass is 414 g/mol. The third-order valence-corrected chi connectivity index (χ3v) is 5.78. The van der Waals surface area contributed by atoms with Gasteiger partial charge in [0.25, 0.3) is 0 Å². The van der Waals surface area contributed by atoms with Gasteiger partial charge in [0.05, 0.1) is 16.8 Å². The summed E-state index contributed by atoms with van der Waals surface area (Å²) in [4.78, 5) is 4.74. The van der Waals surface area contributed by atoms with Gasteiger partial charge in [0, 0.05) is 10.9 Å². The number of halogens is 1. The summed E-state index contributed by atoms with van der Waals surface area (Å²) in [5.41, 5.74) is 8.10. The van der Waals surface area contributed by atoms with Crippen molar-refractivity contribution in [3.63, 3.8) is 0 Å². The van der Waals surface area contributed by atoms with E-state index >= 15 is 0 Å². The van der Waals surface area contributed by atoms with Crippen LogP contribution < -0.4 is 0 Å². The first-order valence-corrected chi connectivity index (χ1v) is 10.4. The van der Waals surface area contributed by atoms with E-state index in [0.717, 1.165) is 27.9 Å². The quantitative estimate of drug-likeness (QED) is 0.305. The Bertz CT molecular complexity index is 1480. The molecule has 0 amide bonds. The van der Waals surface area contributed by atoms with E-state index in [1.807, 2.05) is 43.3 Å². The zero-order chi connectivity index (χ0) is 22.1. The Morgan fingerprint density at radius 1 is 0.719 bits per heavy atom. The summed E-state index contributed by atoms with van der Waals surface area (Å²) in [5, 5.41) is 10.3. The van der Waals surface area contributed by atoms with E-state index in [4.69, 9.17) is 4.98 Å². The lowest BCUT2D eigenvalue weighted by atomic mass is 9.93. The van der Waals surface area contributed by atoms with Gasteiger partial charge in [-0.25, -0.2) is 9.37 Å². The van der Waals surface area contributed by atoms with Crippen LogP contribution in [0.4, 0.5) is 4.39 Å². The fraction of sp³-hybridized carbons (Fsp3) is 0.0345. The molecular weight excluding hydrogens is 395 g/mol. The van der Waals surface area contributed by atoms with Gasteiger partial charge < -0.3 is 0 Å². The molecule has 0 N–H and O–H groups in total. The molecule has 0 bridgehead atoms. The number of benzene rings is 4. The van der Waals surface area contributed by atoms with Crippen LogP contribution >= 0.6 is 0 Å². The molecule has 0 aliphatic carbocycles. The Kier molecular flexibility index (Phi) is 4.97. The minimum atomic E-state index is -0.371. The Morgan fingerprint density at radius 2 is 1.31 bits per heavy atom. The molecule has 2 nitrogen and oxygen atoms in total. The summed E-state index contributed by atoms with van der Waals surface area (Å²) >= 11 is 0. The lowest BCUT2D eigenvalue weighted by Crippen LogP contribution is -1.96. The highest BCUT2D eigenvalue weighted by Crippen LogP contribution is 2.34. The smallest absolute Gasteiger partial charge is 0.124 e. The van der Waals surface area contributed by atoms with Crippen molar-refractivity contribution in [1.82, 2.24) is 4.98 Å². The lowest BCUT2D eigenvalue weighted by Gasteiger charge is -2.13. The maximum atomic E-state index is 13.7. The van der Waals surface area contributed by atoms with E-state index in [9.17, 15) is 9.65 Å². The summed E-state index contributed by atoms with van der Waals surface area (Å²) in [7, 11) is 0. The van der Waals surface area contributed by atoms with E-state index < -0.39 is 0 Å². The standard InChI is InChI=1S/C29H19FN2/c1-19-27(18-31)26-17-23(30)15-16-28(26)32-29(19)22-13-11-21(12-14-22)25-10-6-5-9-24(25)20-7-3-2-4-8-20/h2-17H,1H3. The second kappa shape index (κ2) is 8.09. The average molecular weight is 414 g/mol. The Morgan fingerprint density at radius 3 is 1.97 bits per heavy atom. The summed E-state index contributed by atoms with van der Waals surface area (Å²) < 4.78 is 13.7. The van der Waals surface area contributed by atoms with Crippen LogP contribution in [0.2, 0.25) is 0 Å². The number of hydrogen-bond acceptors (Lipinski definition) is 2. The third kappa shape index (κ3) is 3.42. The molecule has 5 aromatic rings. The second-order valence-corrected chi connectivity index (χ2v) is 7.72. The van der Waals surface area contributed by atoms with Gasteiger partial charge in [0.15, 0.2) is 0 Å². The normalized spacial score (nSPS) is 10.8. The molecule has 3 heteroatoms. The molecule has 4 aromatic carbocycles. The molecule has 32 heavy (non-hydrogen) atoms. The molecule has 5 rings (SSSR count). The summed E-state index contributed by atoms with van der Waals surface area (Å²) in [6.45, 7) is 1.86. The minimum absolute atomic E-state index is 0.371. The van der Waals surface area contributed by atoms with Crippen LogP contribution in [-0.4, -0.2) is 4.98 Å². The predicted molar refractivity (Wildman–Crippen MR) is 127 cm³/mol. The Balaban J connectivity index is 1.61. The van der Waals surface area contributed by atoms with Crippen molar-refractivity contribution in [1.29, 1.82) is 5.26 Å². The van der Waals surface area contributed by atoms with Crippen LogP contribution in [-0.2, 0) is 0 Å². The second-order valence-electron chi connectivity index (χ2n) is 7.72. The predicted octanol–water partition coefficient (Wildman–Crippen LogP) is 7.56. The molecule has 0 spiro atoms. The Labute approximate surface area is 186 Å². The number of pyridine rings is 1. The van der Waals surface area contributed by atoms with E-state index in [-0.39, 0.29) is 5.82 Å². The van der Waals surface area contributed by atoms with E-state index in [1.54, 1.807) is 6.07 Å². The number of aromatic nitrogens is 1. The van der Waals surface area contributed by atoms with Crippen LogP contribution in [0.15, 0.2) is 97.1 Å². The van der Waals surface area contributed by atoms with Crippen molar-refractivity contribution in [2.45, 2.75) is 6.92 Å². The molecule has 1 aromatic heterocycles. The van der Waals surface area contributed by atoms with Gasteiger partial charge in [-0.1, -0.05) is 78.9 Å². The summed E-state index contributed by atoms with van der Waals surface area (Å²) in [5.74, 6) is -0.371. The van der Waals surface area contributed by atoms with Gasteiger partial charge in [-0.2, -0.15) is 5.26 Å². The van der Waals surface area contributed by atoms with Crippen molar-refractivity contribution in [3.8, 4) is 39.6 Å². The van der Waals surface area contributed by atoms with Crippen LogP contribution in [0.1, 0.15) is 11.1 Å². The molecule has 0 radical (unpaired) electrons. The zero-order valence-electron chi connectivity index (χ0n) is 17.5. The molecule has 0 atom stereocenters. The lowest BCUT2D eigenvalue weighted by molar-refractivity contribution is 0.629. The number of nitrogens with zero attached hydrogens (tertiary/aromatic N) is 2. The molecule has 0 fully saturated rings. The molecular formula is C29H19FN2.